The molecule has 2 rings (SSSR count). The summed E-state index contributed by atoms with van der Waals surface area (Å²) in [7, 11) is 1.75. The molecule has 94 valence electrons. The molecule has 1 N–H and O–H groups in total. The highest BCUT2D eigenvalue weighted by atomic mass is 79.9. The molecule has 1 aliphatic carbocycles. The maximum absolute atomic E-state index is 5.13. The van der Waals surface area contributed by atoms with Gasteiger partial charge < -0.3 is 10.1 Å². The summed E-state index contributed by atoms with van der Waals surface area (Å²) < 4.78 is 6.29. The second kappa shape index (κ2) is 5.98. The summed E-state index contributed by atoms with van der Waals surface area (Å²) in [5.74, 6) is 0.732. The smallest absolute Gasteiger partial charge is 0.0613 e. The molecule has 0 bridgehead atoms. The first-order chi connectivity index (χ1) is 8.19. The maximum Gasteiger partial charge on any atom is 0.0613 e. The summed E-state index contributed by atoms with van der Waals surface area (Å²) in [5, 5.41) is 3.59. The van der Waals surface area contributed by atoms with Gasteiger partial charge in [-0.05, 0) is 43.4 Å². The van der Waals surface area contributed by atoms with Crippen molar-refractivity contribution in [3.05, 3.63) is 34.3 Å². The molecule has 0 heterocycles. The van der Waals surface area contributed by atoms with Crippen molar-refractivity contribution in [2.24, 2.45) is 0 Å². The van der Waals surface area contributed by atoms with Crippen molar-refractivity contribution in [1.29, 1.82) is 0 Å². The normalized spacial score (nSPS) is 25.4. The van der Waals surface area contributed by atoms with Crippen molar-refractivity contribution < 1.29 is 4.74 Å². The third kappa shape index (κ3) is 3.54. The third-order valence-corrected chi connectivity index (χ3v) is 3.95. The Kier molecular flexibility index (Phi) is 4.60. The van der Waals surface area contributed by atoms with Crippen LogP contribution in [0.3, 0.4) is 0 Å². The minimum absolute atomic E-state index is 0.455. The second-order valence-electron chi connectivity index (χ2n) is 4.94. The molecular formula is C14H20BrNO. The number of ether oxygens (including phenoxy) is 1. The molecule has 2 nitrogen and oxygen atoms in total. The van der Waals surface area contributed by atoms with Crippen LogP contribution < -0.4 is 5.32 Å². The van der Waals surface area contributed by atoms with Crippen LogP contribution in [0.2, 0.25) is 0 Å². The number of hydrogen-bond donors (Lipinski definition) is 1. The lowest BCUT2D eigenvalue weighted by Gasteiger charge is -2.38. The van der Waals surface area contributed by atoms with Crippen LogP contribution in [0.25, 0.3) is 0 Å². The van der Waals surface area contributed by atoms with Gasteiger partial charge in [0.1, 0.15) is 0 Å². The van der Waals surface area contributed by atoms with Crippen molar-refractivity contribution in [3.63, 3.8) is 0 Å². The molecule has 17 heavy (non-hydrogen) atoms. The van der Waals surface area contributed by atoms with Gasteiger partial charge in [-0.1, -0.05) is 28.1 Å². The van der Waals surface area contributed by atoms with Crippen molar-refractivity contribution >= 4 is 15.9 Å². The molecule has 1 saturated carbocycles. The van der Waals surface area contributed by atoms with E-state index < -0.39 is 0 Å². The predicted octanol–water partition coefficient (Wildman–Crippen LogP) is 3.32. The topological polar surface area (TPSA) is 21.3 Å². The SMILES string of the molecule is COCC(C)NC1CC(c2ccc(Br)cc2)C1. The van der Waals surface area contributed by atoms with Crippen molar-refractivity contribution in [2.45, 2.75) is 37.8 Å². The summed E-state index contributed by atoms with van der Waals surface area (Å²) in [4.78, 5) is 0. The van der Waals surface area contributed by atoms with E-state index >= 15 is 0 Å². The first kappa shape index (κ1) is 13.1. The fraction of sp³-hybridized carbons (Fsp3) is 0.571. The molecular weight excluding hydrogens is 278 g/mol. The van der Waals surface area contributed by atoms with Crippen LogP contribution in [0.1, 0.15) is 31.2 Å². The molecule has 1 unspecified atom stereocenters. The van der Waals surface area contributed by atoms with E-state index in [1.807, 2.05) is 0 Å². The minimum atomic E-state index is 0.455. The summed E-state index contributed by atoms with van der Waals surface area (Å²) >= 11 is 3.47. The standard InChI is InChI=1S/C14H20BrNO/c1-10(9-17-2)16-14-7-12(8-14)11-3-5-13(15)6-4-11/h3-6,10,12,14,16H,7-9H2,1-2H3. The Bertz CT molecular complexity index is 346. The van der Waals surface area contributed by atoms with Gasteiger partial charge in [0.25, 0.3) is 0 Å². The predicted molar refractivity (Wildman–Crippen MR) is 74.4 cm³/mol. The number of hydrogen-bond acceptors (Lipinski definition) is 2. The van der Waals surface area contributed by atoms with Gasteiger partial charge in [-0.15, -0.1) is 0 Å². The van der Waals surface area contributed by atoms with Crippen molar-refractivity contribution in [3.8, 4) is 0 Å². The minimum Gasteiger partial charge on any atom is -0.383 e. The highest BCUT2D eigenvalue weighted by Crippen LogP contribution is 2.37. The van der Waals surface area contributed by atoms with Crippen LogP contribution in [0.15, 0.2) is 28.7 Å². The van der Waals surface area contributed by atoms with Gasteiger partial charge in [0.15, 0.2) is 0 Å². The molecule has 0 spiro atoms. The van der Waals surface area contributed by atoms with Crippen LogP contribution in [0, 0.1) is 0 Å². The maximum atomic E-state index is 5.13. The van der Waals surface area contributed by atoms with Gasteiger partial charge in [0.2, 0.25) is 0 Å². The Balaban J connectivity index is 1.77. The van der Waals surface area contributed by atoms with Gasteiger partial charge in [-0.25, -0.2) is 0 Å². The van der Waals surface area contributed by atoms with Crippen LogP contribution in [-0.2, 0) is 4.74 Å². The average Bonchev–Trinajstić information content (AvgIpc) is 2.25. The lowest BCUT2D eigenvalue weighted by molar-refractivity contribution is 0.152. The largest absolute Gasteiger partial charge is 0.383 e. The van der Waals surface area contributed by atoms with E-state index in [4.69, 9.17) is 4.74 Å². The van der Waals surface area contributed by atoms with Crippen LogP contribution in [0.5, 0.6) is 0 Å². The van der Waals surface area contributed by atoms with E-state index in [9.17, 15) is 0 Å². The monoisotopic (exact) mass is 297 g/mol. The summed E-state index contributed by atoms with van der Waals surface area (Å²) in [5.41, 5.74) is 1.46. The molecule has 0 amide bonds. The van der Waals surface area contributed by atoms with Crippen LogP contribution >= 0.6 is 15.9 Å². The molecule has 1 fully saturated rings. The average molecular weight is 298 g/mol. The fourth-order valence-electron chi connectivity index (χ4n) is 2.46. The molecule has 0 aliphatic heterocycles. The molecule has 1 aromatic carbocycles. The molecule has 1 aromatic rings. The van der Waals surface area contributed by atoms with E-state index in [0.717, 1.165) is 17.0 Å². The molecule has 1 atom stereocenters. The van der Waals surface area contributed by atoms with Crippen molar-refractivity contribution in [2.75, 3.05) is 13.7 Å². The zero-order valence-corrected chi connectivity index (χ0v) is 12.0. The fourth-order valence-corrected chi connectivity index (χ4v) is 2.73. The lowest BCUT2D eigenvalue weighted by Crippen LogP contribution is -2.45. The second-order valence-corrected chi connectivity index (χ2v) is 5.86. The zero-order valence-electron chi connectivity index (χ0n) is 10.4. The number of nitrogens with one attached hydrogen (secondary N) is 1. The number of methoxy groups -OCH3 is 1. The lowest BCUT2D eigenvalue weighted by atomic mass is 9.75. The summed E-state index contributed by atoms with van der Waals surface area (Å²) in [6, 6.07) is 9.82. The summed E-state index contributed by atoms with van der Waals surface area (Å²) in [6.07, 6.45) is 2.49. The van der Waals surface area contributed by atoms with Gasteiger partial charge in [-0.2, -0.15) is 0 Å². The van der Waals surface area contributed by atoms with Crippen LogP contribution in [-0.4, -0.2) is 25.8 Å². The molecule has 0 radical (unpaired) electrons. The zero-order chi connectivity index (χ0) is 12.3. The molecule has 0 aromatic heterocycles. The van der Waals surface area contributed by atoms with Crippen molar-refractivity contribution in [1.82, 2.24) is 5.32 Å². The Morgan fingerprint density at radius 2 is 2.00 bits per heavy atom. The van der Waals surface area contributed by atoms with E-state index in [0.29, 0.717) is 12.1 Å². The van der Waals surface area contributed by atoms with E-state index in [1.54, 1.807) is 7.11 Å². The highest BCUT2D eigenvalue weighted by Gasteiger charge is 2.30. The number of benzene rings is 1. The Morgan fingerprint density at radius 1 is 1.35 bits per heavy atom. The van der Waals surface area contributed by atoms with E-state index in [1.165, 1.54) is 18.4 Å². The molecule has 3 heteroatoms. The van der Waals surface area contributed by atoms with E-state index in [2.05, 4.69) is 52.4 Å². The number of halogens is 1. The van der Waals surface area contributed by atoms with E-state index in [-0.39, 0.29) is 0 Å². The first-order valence-electron chi connectivity index (χ1n) is 6.19. The summed E-state index contributed by atoms with van der Waals surface area (Å²) in [6.45, 7) is 2.97. The molecule has 0 saturated heterocycles. The quantitative estimate of drug-likeness (QED) is 0.900. The van der Waals surface area contributed by atoms with Gasteiger partial charge in [-0.3, -0.25) is 0 Å². The molecule has 1 aliphatic rings. The highest BCUT2D eigenvalue weighted by molar-refractivity contribution is 9.10. The van der Waals surface area contributed by atoms with Gasteiger partial charge in [0, 0.05) is 23.7 Å². The van der Waals surface area contributed by atoms with Gasteiger partial charge >= 0.3 is 0 Å². The van der Waals surface area contributed by atoms with Crippen LogP contribution in [0.4, 0.5) is 0 Å². The Hall–Kier alpha value is -0.380. The van der Waals surface area contributed by atoms with Gasteiger partial charge in [0.05, 0.1) is 6.61 Å². The first-order valence-corrected chi connectivity index (χ1v) is 6.98. The third-order valence-electron chi connectivity index (χ3n) is 3.42. The Labute approximate surface area is 112 Å². The number of rotatable bonds is 5. The Morgan fingerprint density at radius 3 is 2.59 bits per heavy atom.